The first-order valence-corrected chi connectivity index (χ1v) is 9.61. The van der Waals surface area contributed by atoms with Gasteiger partial charge >= 0.3 is 0 Å². The molecule has 1 aromatic rings. The Balaban J connectivity index is 0.00000338. The number of likely N-dealkylation sites (tertiary alicyclic amines) is 1. The van der Waals surface area contributed by atoms with E-state index >= 15 is 0 Å². The SMILES string of the molecule is CN=C(NCCCCCN1CCCCC1)NCc1ccc(F)c(C)c1.I. The van der Waals surface area contributed by atoms with Gasteiger partial charge in [0.2, 0.25) is 0 Å². The maximum Gasteiger partial charge on any atom is 0.191 e. The topological polar surface area (TPSA) is 39.7 Å². The van der Waals surface area contributed by atoms with E-state index in [9.17, 15) is 4.39 Å². The lowest BCUT2D eigenvalue weighted by Gasteiger charge is -2.26. The number of guanidine groups is 1. The van der Waals surface area contributed by atoms with Gasteiger partial charge in [0.15, 0.2) is 5.96 Å². The van der Waals surface area contributed by atoms with Crippen molar-refractivity contribution in [2.75, 3.05) is 33.2 Å². The average molecular weight is 476 g/mol. The first kappa shape index (κ1) is 23.1. The molecule has 26 heavy (non-hydrogen) atoms. The van der Waals surface area contributed by atoms with E-state index in [1.807, 2.05) is 12.1 Å². The van der Waals surface area contributed by atoms with E-state index < -0.39 is 0 Å². The van der Waals surface area contributed by atoms with E-state index in [1.54, 1.807) is 14.0 Å². The van der Waals surface area contributed by atoms with Gasteiger partial charge < -0.3 is 15.5 Å². The lowest BCUT2D eigenvalue weighted by atomic mass is 10.1. The summed E-state index contributed by atoms with van der Waals surface area (Å²) in [5, 5.41) is 6.64. The second kappa shape index (κ2) is 13.3. The summed E-state index contributed by atoms with van der Waals surface area (Å²) < 4.78 is 13.3. The van der Waals surface area contributed by atoms with Crippen molar-refractivity contribution in [1.82, 2.24) is 15.5 Å². The molecule has 148 valence electrons. The standard InChI is InChI=1S/C20H33FN4.HI/c1-17-15-18(9-10-19(17)21)16-24-20(22-2)23-11-5-3-6-12-25-13-7-4-8-14-25;/h9-10,15H,3-8,11-14,16H2,1-2H3,(H2,22,23,24);1H. The van der Waals surface area contributed by atoms with Crippen LogP contribution < -0.4 is 10.6 Å². The highest BCUT2D eigenvalue weighted by Gasteiger charge is 2.08. The first-order valence-electron chi connectivity index (χ1n) is 9.61. The fourth-order valence-corrected chi connectivity index (χ4v) is 3.25. The highest BCUT2D eigenvalue weighted by Crippen LogP contribution is 2.10. The summed E-state index contributed by atoms with van der Waals surface area (Å²) in [6.45, 7) is 7.19. The maximum atomic E-state index is 13.3. The van der Waals surface area contributed by atoms with E-state index in [0.29, 0.717) is 12.1 Å². The Bertz CT molecular complexity index is 545. The van der Waals surface area contributed by atoms with Crippen molar-refractivity contribution in [3.63, 3.8) is 0 Å². The van der Waals surface area contributed by atoms with Crippen molar-refractivity contribution in [2.24, 2.45) is 4.99 Å². The van der Waals surface area contributed by atoms with Crippen LogP contribution in [0.3, 0.4) is 0 Å². The Morgan fingerprint density at radius 1 is 1.12 bits per heavy atom. The van der Waals surface area contributed by atoms with Crippen LogP contribution >= 0.6 is 24.0 Å². The number of nitrogens with one attached hydrogen (secondary N) is 2. The summed E-state index contributed by atoms with van der Waals surface area (Å²) in [5.41, 5.74) is 1.74. The second-order valence-corrected chi connectivity index (χ2v) is 6.90. The Labute approximate surface area is 175 Å². The number of rotatable bonds is 8. The molecular weight excluding hydrogens is 442 g/mol. The molecule has 0 atom stereocenters. The van der Waals surface area contributed by atoms with E-state index in [4.69, 9.17) is 0 Å². The largest absolute Gasteiger partial charge is 0.356 e. The van der Waals surface area contributed by atoms with Crippen molar-refractivity contribution < 1.29 is 4.39 Å². The van der Waals surface area contributed by atoms with E-state index in [2.05, 4.69) is 20.5 Å². The summed E-state index contributed by atoms with van der Waals surface area (Å²) in [4.78, 5) is 6.85. The zero-order valence-corrected chi connectivity index (χ0v) is 18.5. The number of aliphatic imine (C=N–C) groups is 1. The number of nitrogens with zero attached hydrogens (tertiary/aromatic N) is 2. The molecule has 1 heterocycles. The zero-order valence-electron chi connectivity index (χ0n) is 16.2. The van der Waals surface area contributed by atoms with E-state index in [1.165, 1.54) is 57.8 Å². The van der Waals surface area contributed by atoms with Crippen LogP contribution in [-0.2, 0) is 6.54 Å². The number of unbranched alkanes of at least 4 members (excludes halogenated alkanes) is 2. The lowest BCUT2D eigenvalue weighted by molar-refractivity contribution is 0.224. The van der Waals surface area contributed by atoms with Crippen molar-refractivity contribution in [3.05, 3.63) is 35.1 Å². The zero-order chi connectivity index (χ0) is 17.9. The van der Waals surface area contributed by atoms with Crippen molar-refractivity contribution in [2.45, 2.75) is 52.0 Å². The molecule has 1 aliphatic rings. The monoisotopic (exact) mass is 476 g/mol. The lowest BCUT2D eigenvalue weighted by Crippen LogP contribution is -2.37. The highest BCUT2D eigenvalue weighted by atomic mass is 127. The van der Waals surface area contributed by atoms with Crippen LogP contribution in [0.2, 0.25) is 0 Å². The molecule has 0 radical (unpaired) electrons. The van der Waals surface area contributed by atoms with Crippen LogP contribution in [0.5, 0.6) is 0 Å². The number of piperidine rings is 1. The molecule has 0 aliphatic carbocycles. The number of hydrogen-bond donors (Lipinski definition) is 2. The fraction of sp³-hybridized carbons (Fsp3) is 0.650. The van der Waals surface area contributed by atoms with Gasteiger partial charge in [-0.25, -0.2) is 4.39 Å². The third-order valence-electron chi connectivity index (χ3n) is 4.80. The molecule has 0 unspecified atom stereocenters. The minimum atomic E-state index is -0.157. The molecule has 0 amide bonds. The van der Waals surface area contributed by atoms with E-state index in [0.717, 1.165) is 24.5 Å². The molecule has 6 heteroatoms. The Morgan fingerprint density at radius 2 is 1.88 bits per heavy atom. The Kier molecular flexibility index (Phi) is 11.8. The van der Waals surface area contributed by atoms with Crippen LogP contribution in [0.15, 0.2) is 23.2 Å². The second-order valence-electron chi connectivity index (χ2n) is 6.90. The minimum Gasteiger partial charge on any atom is -0.356 e. The summed E-state index contributed by atoms with van der Waals surface area (Å²) >= 11 is 0. The quantitative estimate of drug-likeness (QED) is 0.257. The van der Waals surface area contributed by atoms with Gasteiger partial charge in [-0.2, -0.15) is 0 Å². The Hall–Kier alpha value is -0.890. The van der Waals surface area contributed by atoms with Crippen LogP contribution in [0.4, 0.5) is 4.39 Å². The molecule has 0 bridgehead atoms. The molecule has 1 aliphatic heterocycles. The van der Waals surface area contributed by atoms with Crippen molar-refractivity contribution >= 4 is 29.9 Å². The maximum absolute atomic E-state index is 13.3. The van der Waals surface area contributed by atoms with Gasteiger partial charge in [-0.05, 0) is 69.4 Å². The summed E-state index contributed by atoms with van der Waals surface area (Å²) in [6, 6.07) is 5.20. The minimum absolute atomic E-state index is 0. The third-order valence-corrected chi connectivity index (χ3v) is 4.80. The third kappa shape index (κ3) is 8.66. The van der Waals surface area contributed by atoms with Crippen LogP contribution in [0, 0.1) is 12.7 Å². The summed E-state index contributed by atoms with van der Waals surface area (Å²) in [7, 11) is 1.78. The average Bonchev–Trinajstić information content (AvgIpc) is 2.64. The molecule has 1 fully saturated rings. The molecule has 0 spiro atoms. The number of hydrogen-bond acceptors (Lipinski definition) is 2. The van der Waals surface area contributed by atoms with Crippen LogP contribution in [-0.4, -0.2) is 44.1 Å². The van der Waals surface area contributed by atoms with Gasteiger partial charge in [-0.3, -0.25) is 4.99 Å². The van der Waals surface area contributed by atoms with Gasteiger partial charge in [0, 0.05) is 20.1 Å². The molecule has 1 aromatic carbocycles. The van der Waals surface area contributed by atoms with E-state index in [-0.39, 0.29) is 29.8 Å². The molecule has 1 saturated heterocycles. The summed E-state index contributed by atoms with van der Waals surface area (Å²) in [5.74, 6) is 0.647. The molecule has 0 saturated carbocycles. The number of aryl methyl sites for hydroxylation is 1. The molecule has 2 N–H and O–H groups in total. The molecule has 0 aromatic heterocycles. The van der Waals surface area contributed by atoms with Crippen molar-refractivity contribution in [1.29, 1.82) is 0 Å². The van der Waals surface area contributed by atoms with Gasteiger partial charge in [0.25, 0.3) is 0 Å². The molecular formula is C20H34FIN4. The van der Waals surface area contributed by atoms with Gasteiger partial charge in [0.1, 0.15) is 5.82 Å². The Morgan fingerprint density at radius 3 is 2.58 bits per heavy atom. The predicted octanol–water partition coefficient (Wildman–Crippen LogP) is 4.07. The molecule has 4 nitrogen and oxygen atoms in total. The number of halogens is 2. The van der Waals surface area contributed by atoms with Gasteiger partial charge in [-0.1, -0.05) is 25.0 Å². The van der Waals surface area contributed by atoms with Crippen LogP contribution in [0.1, 0.15) is 49.7 Å². The summed E-state index contributed by atoms with van der Waals surface area (Å²) in [6.07, 6.45) is 7.84. The first-order chi connectivity index (χ1) is 12.2. The molecule has 2 rings (SSSR count). The van der Waals surface area contributed by atoms with Gasteiger partial charge in [-0.15, -0.1) is 24.0 Å². The fourth-order valence-electron chi connectivity index (χ4n) is 3.25. The van der Waals surface area contributed by atoms with Crippen LogP contribution in [0.25, 0.3) is 0 Å². The normalized spacial score (nSPS) is 15.4. The predicted molar refractivity (Wildman–Crippen MR) is 119 cm³/mol. The highest BCUT2D eigenvalue weighted by molar-refractivity contribution is 14.0. The van der Waals surface area contributed by atoms with Gasteiger partial charge in [0.05, 0.1) is 0 Å². The number of benzene rings is 1. The van der Waals surface area contributed by atoms with Crippen molar-refractivity contribution in [3.8, 4) is 0 Å². The smallest absolute Gasteiger partial charge is 0.191 e.